The molecule has 0 amide bonds. The first-order valence-corrected chi connectivity index (χ1v) is 20.0. The highest BCUT2D eigenvalue weighted by Crippen LogP contribution is 2.42. The van der Waals surface area contributed by atoms with E-state index in [1.54, 1.807) is 0 Å². The zero-order valence-corrected chi connectivity index (χ0v) is 31.4. The van der Waals surface area contributed by atoms with E-state index < -0.39 is 0 Å². The van der Waals surface area contributed by atoms with E-state index in [0.717, 1.165) is 61.6 Å². The Labute approximate surface area is 331 Å². The number of para-hydroxylation sites is 3. The Morgan fingerprint density at radius 2 is 1.14 bits per heavy atom. The van der Waals surface area contributed by atoms with Gasteiger partial charge in [-0.3, -0.25) is 0 Å². The Balaban J connectivity index is 0.962. The van der Waals surface area contributed by atoms with E-state index in [2.05, 4.69) is 155 Å². The summed E-state index contributed by atoms with van der Waals surface area (Å²) < 4.78 is 11.5. The van der Waals surface area contributed by atoms with Gasteiger partial charge in [-0.2, -0.15) is 0 Å². The molecule has 57 heavy (non-hydrogen) atoms. The second kappa shape index (κ2) is 12.6. The van der Waals surface area contributed by atoms with Gasteiger partial charge in [0.05, 0.1) is 16.7 Å². The van der Waals surface area contributed by atoms with E-state index in [1.165, 1.54) is 47.5 Å². The summed E-state index contributed by atoms with van der Waals surface area (Å²) in [6, 6.07) is 64.3. The normalized spacial score (nSPS) is 14.5. The molecule has 0 radical (unpaired) electrons. The van der Waals surface area contributed by atoms with Crippen LogP contribution in [0.15, 0.2) is 196 Å². The van der Waals surface area contributed by atoms with E-state index in [9.17, 15) is 0 Å². The Hall–Kier alpha value is -7.28. The van der Waals surface area contributed by atoms with Crippen LogP contribution in [0.1, 0.15) is 22.9 Å². The van der Waals surface area contributed by atoms with Gasteiger partial charge in [-0.15, -0.1) is 11.3 Å². The minimum absolute atomic E-state index is 0.298. The Bertz CT molecular complexity index is 3390. The van der Waals surface area contributed by atoms with Gasteiger partial charge >= 0.3 is 0 Å². The summed E-state index contributed by atoms with van der Waals surface area (Å²) in [6.45, 7) is 0. The summed E-state index contributed by atoms with van der Waals surface area (Å²) in [4.78, 5) is 10.2. The van der Waals surface area contributed by atoms with Crippen molar-refractivity contribution in [2.24, 2.45) is 9.98 Å². The molecule has 6 heteroatoms. The van der Waals surface area contributed by atoms with Gasteiger partial charge in [0.15, 0.2) is 11.4 Å². The molecule has 1 aliphatic heterocycles. The van der Waals surface area contributed by atoms with Crippen molar-refractivity contribution < 1.29 is 4.42 Å². The Morgan fingerprint density at radius 3 is 1.91 bits per heavy atom. The third-order valence-electron chi connectivity index (χ3n) is 11.3. The maximum atomic E-state index is 6.71. The third-order valence-corrected chi connectivity index (χ3v) is 12.5. The smallest absolute Gasteiger partial charge is 0.159 e. The minimum Gasteiger partial charge on any atom is -0.454 e. The molecule has 12 rings (SSSR count). The van der Waals surface area contributed by atoms with Crippen LogP contribution in [0.3, 0.4) is 0 Å². The molecular weight excluding hydrogens is 717 g/mol. The van der Waals surface area contributed by atoms with Gasteiger partial charge in [-0.1, -0.05) is 140 Å². The van der Waals surface area contributed by atoms with Crippen molar-refractivity contribution in [2.45, 2.75) is 6.17 Å². The second-order valence-electron chi connectivity index (χ2n) is 14.6. The minimum atomic E-state index is -0.298. The molecule has 1 N–H and O–H groups in total. The molecule has 3 aromatic heterocycles. The number of hydrogen-bond donors (Lipinski definition) is 1. The lowest BCUT2D eigenvalue weighted by Gasteiger charge is -2.24. The number of rotatable bonds is 5. The van der Waals surface area contributed by atoms with E-state index in [0.29, 0.717) is 0 Å². The number of nitrogens with one attached hydrogen (secondary N) is 1. The van der Waals surface area contributed by atoms with Gasteiger partial charge in [0.1, 0.15) is 17.6 Å². The molecule has 0 fully saturated rings. The van der Waals surface area contributed by atoms with Crippen LogP contribution in [-0.2, 0) is 0 Å². The lowest BCUT2D eigenvalue weighted by Crippen LogP contribution is -2.33. The molecule has 1 aliphatic rings. The van der Waals surface area contributed by atoms with Gasteiger partial charge in [0, 0.05) is 58.4 Å². The van der Waals surface area contributed by atoms with Gasteiger partial charge < -0.3 is 14.3 Å². The first-order chi connectivity index (χ1) is 28.2. The molecular formula is C51H32N4OS. The Kier molecular flexibility index (Phi) is 7.09. The number of hydrogen-bond acceptors (Lipinski definition) is 5. The molecule has 0 bridgehead atoms. The summed E-state index contributed by atoms with van der Waals surface area (Å²) in [7, 11) is 0. The van der Waals surface area contributed by atoms with Crippen LogP contribution in [0, 0.1) is 0 Å². The summed E-state index contributed by atoms with van der Waals surface area (Å²) in [6.07, 6.45) is -0.298. The monoisotopic (exact) mass is 748 g/mol. The average molecular weight is 749 g/mol. The van der Waals surface area contributed by atoms with Crippen LogP contribution < -0.4 is 5.32 Å². The quantitative estimate of drug-likeness (QED) is 0.191. The fraction of sp³-hybridized carbons (Fsp3) is 0.0196. The number of aliphatic imine (C=N–C) groups is 2. The van der Waals surface area contributed by atoms with Gasteiger partial charge in [0.25, 0.3) is 0 Å². The first-order valence-electron chi connectivity index (χ1n) is 19.2. The topological polar surface area (TPSA) is 54.8 Å². The Morgan fingerprint density at radius 1 is 0.509 bits per heavy atom. The standard InChI is InChI=1S/C51H32N4OS/c1-3-13-31(14-4-1)49-52-50(32-15-5-2-6-16-32)54-51(53-49)39-21-11-20-38-41-30-34(26-28-46(41)57-48(38)39)33-25-27-45-40(29-33)37-19-12-24-44(47(37)56-45)55-42-22-9-7-17-35(42)36-18-8-10-23-43(36)55/h1-30,51H,(H,52,53,54). The lowest BCUT2D eigenvalue weighted by molar-refractivity contribution is 0.666. The zero-order chi connectivity index (χ0) is 37.5. The van der Waals surface area contributed by atoms with E-state index in [1.807, 2.05) is 47.7 Å². The number of amidine groups is 2. The van der Waals surface area contributed by atoms with Crippen LogP contribution in [0.25, 0.3) is 80.7 Å². The predicted molar refractivity (Wildman–Crippen MR) is 238 cm³/mol. The van der Waals surface area contributed by atoms with Crippen LogP contribution in [0.2, 0.25) is 0 Å². The lowest BCUT2D eigenvalue weighted by atomic mass is 10.00. The number of thiophene rings is 1. The highest BCUT2D eigenvalue weighted by molar-refractivity contribution is 7.26. The fourth-order valence-electron chi connectivity index (χ4n) is 8.61. The van der Waals surface area contributed by atoms with Crippen molar-refractivity contribution in [1.82, 2.24) is 9.88 Å². The molecule has 5 nitrogen and oxygen atoms in total. The van der Waals surface area contributed by atoms with E-state index in [-0.39, 0.29) is 6.17 Å². The maximum absolute atomic E-state index is 6.71. The number of benzene rings is 8. The highest BCUT2D eigenvalue weighted by Gasteiger charge is 2.24. The zero-order valence-electron chi connectivity index (χ0n) is 30.6. The predicted octanol–water partition coefficient (Wildman–Crippen LogP) is 13.2. The van der Waals surface area contributed by atoms with E-state index in [4.69, 9.17) is 14.4 Å². The van der Waals surface area contributed by atoms with Crippen LogP contribution in [0.5, 0.6) is 0 Å². The second-order valence-corrected chi connectivity index (χ2v) is 15.6. The molecule has 8 aromatic carbocycles. The molecule has 0 spiro atoms. The maximum Gasteiger partial charge on any atom is 0.159 e. The van der Waals surface area contributed by atoms with Crippen molar-refractivity contribution >= 4 is 86.9 Å². The van der Waals surface area contributed by atoms with Crippen molar-refractivity contribution in [3.05, 3.63) is 199 Å². The summed E-state index contributed by atoms with van der Waals surface area (Å²) in [5, 5.41) is 10.8. The average Bonchev–Trinajstić information content (AvgIpc) is 3.96. The third kappa shape index (κ3) is 5.08. The summed E-state index contributed by atoms with van der Waals surface area (Å²) in [5.74, 6) is 1.54. The molecule has 1 atom stereocenters. The SMILES string of the molecule is c1ccc(C2=NC(c3cccc4c3sc3ccc(-c5ccc6oc7c(-n8c9ccccc9c9ccccc98)cccc7c6c5)cc34)NC(c3ccccc3)=N2)cc1. The molecule has 4 heterocycles. The number of aromatic nitrogens is 1. The van der Waals surface area contributed by atoms with Crippen molar-refractivity contribution in [1.29, 1.82) is 0 Å². The molecule has 11 aromatic rings. The van der Waals surface area contributed by atoms with Crippen molar-refractivity contribution in [3.63, 3.8) is 0 Å². The van der Waals surface area contributed by atoms with Gasteiger partial charge in [-0.25, -0.2) is 9.98 Å². The highest BCUT2D eigenvalue weighted by atomic mass is 32.1. The molecule has 1 unspecified atom stereocenters. The molecule has 0 aliphatic carbocycles. The molecule has 0 saturated heterocycles. The van der Waals surface area contributed by atoms with E-state index >= 15 is 0 Å². The first kappa shape index (κ1) is 32.0. The summed E-state index contributed by atoms with van der Waals surface area (Å²) in [5.41, 5.74) is 10.6. The van der Waals surface area contributed by atoms with Crippen LogP contribution in [0.4, 0.5) is 0 Å². The van der Waals surface area contributed by atoms with Gasteiger partial charge in [0.2, 0.25) is 0 Å². The number of furan rings is 1. The fourth-order valence-corrected chi connectivity index (χ4v) is 9.83. The van der Waals surface area contributed by atoms with Crippen molar-refractivity contribution in [3.8, 4) is 16.8 Å². The van der Waals surface area contributed by atoms with Crippen molar-refractivity contribution in [2.75, 3.05) is 0 Å². The molecule has 0 saturated carbocycles. The van der Waals surface area contributed by atoms with Crippen LogP contribution in [-0.4, -0.2) is 16.2 Å². The number of fused-ring (bicyclic) bond motifs is 9. The van der Waals surface area contributed by atoms with Gasteiger partial charge in [-0.05, 0) is 53.6 Å². The molecule has 268 valence electrons. The largest absolute Gasteiger partial charge is 0.454 e. The number of nitrogens with zero attached hydrogens (tertiary/aromatic N) is 3. The summed E-state index contributed by atoms with van der Waals surface area (Å²) >= 11 is 1.82. The van der Waals surface area contributed by atoms with Crippen LogP contribution >= 0.6 is 11.3 Å².